The number of nitrogens with zero attached hydrogens (tertiary/aromatic N) is 2. The first-order chi connectivity index (χ1) is 12.0. The number of amides is 3. The Balaban J connectivity index is 2.12. The zero-order valence-electron chi connectivity index (χ0n) is 16.8. The summed E-state index contributed by atoms with van der Waals surface area (Å²) >= 11 is 3.40. The van der Waals surface area contributed by atoms with E-state index in [2.05, 4.69) is 23.7 Å². The van der Waals surface area contributed by atoms with Gasteiger partial charge in [-0.05, 0) is 65.5 Å². The molecule has 2 atom stereocenters. The van der Waals surface area contributed by atoms with E-state index in [-0.39, 0.29) is 34.1 Å². The predicted molar refractivity (Wildman–Crippen MR) is 111 cm³/mol. The molecular weight excluding hydrogens is 366 g/mol. The van der Waals surface area contributed by atoms with Crippen LogP contribution in [0.4, 0.5) is 4.79 Å². The summed E-state index contributed by atoms with van der Waals surface area (Å²) in [7, 11) is 0. The van der Waals surface area contributed by atoms with Gasteiger partial charge in [-0.15, -0.1) is 23.1 Å². The molecule has 146 valence electrons. The third-order valence-corrected chi connectivity index (χ3v) is 6.90. The van der Waals surface area contributed by atoms with Crippen molar-refractivity contribution in [2.24, 2.45) is 0 Å². The lowest BCUT2D eigenvalue weighted by atomic mass is 10.1. The maximum absolute atomic E-state index is 12.7. The Morgan fingerprint density at radius 2 is 2.04 bits per heavy atom. The van der Waals surface area contributed by atoms with Gasteiger partial charge in [-0.3, -0.25) is 4.79 Å². The minimum atomic E-state index is -0.283. The molecule has 1 aromatic rings. The number of aryl methyl sites for hydroxylation is 1. The van der Waals surface area contributed by atoms with Crippen LogP contribution in [-0.4, -0.2) is 51.7 Å². The Morgan fingerprint density at radius 3 is 2.54 bits per heavy atom. The number of urea groups is 1. The van der Waals surface area contributed by atoms with E-state index in [1.165, 1.54) is 10.4 Å². The van der Waals surface area contributed by atoms with E-state index in [4.69, 9.17) is 0 Å². The molecule has 0 aliphatic carbocycles. The first kappa shape index (κ1) is 21.1. The van der Waals surface area contributed by atoms with Crippen LogP contribution in [0, 0.1) is 6.92 Å². The van der Waals surface area contributed by atoms with E-state index in [9.17, 15) is 9.59 Å². The van der Waals surface area contributed by atoms with Gasteiger partial charge in [-0.2, -0.15) is 0 Å². The average molecular weight is 398 g/mol. The number of hydrogen-bond acceptors (Lipinski definition) is 4. The molecule has 7 heteroatoms. The molecule has 1 aliphatic heterocycles. The van der Waals surface area contributed by atoms with Gasteiger partial charge in [0, 0.05) is 29.5 Å². The first-order valence-electron chi connectivity index (χ1n) is 9.10. The summed E-state index contributed by atoms with van der Waals surface area (Å²) in [5.41, 5.74) is 0.944. The average Bonchev–Trinajstić information content (AvgIpc) is 3.03. The van der Waals surface area contributed by atoms with Crippen molar-refractivity contribution in [3.8, 4) is 0 Å². The van der Waals surface area contributed by atoms with Gasteiger partial charge in [-0.1, -0.05) is 0 Å². The topological polar surface area (TPSA) is 52.7 Å². The van der Waals surface area contributed by atoms with Crippen LogP contribution >= 0.6 is 23.1 Å². The van der Waals surface area contributed by atoms with Crippen molar-refractivity contribution in [3.63, 3.8) is 0 Å². The second kappa shape index (κ2) is 8.21. The third kappa shape index (κ3) is 4.94. The summed E-state index contributed by atoms with van der Waals surface area (Å²) in [6.07, 6.45) is 0. The highest BCUT2D eigenvalue weighted by Crippen LogP contribution is 2.45. The highest BCUT2D eigenvalue weighted by molar-refractivity contribution is 8.01. The Labute approximate surface area is 165 Å². The van der Waals surface area contributed by atoms with Gasteiger partial charge in [-0.25, -0.2) is 4.79 Å². The SMILES string of the molecule is Cc1ccsc1[C@H]1S[C@@H](C)C(=O)N1CCN(C(=O)NC(C)(C)C)C(C)C. The van der Waals surface area contributed by atoms with Crippen LogP contribution < -0.4 is 5.32 Å². The molecule has 0 radical (unpaired) electrons. The maximum atomic E-state index is 12.7. The number of thiophene rings is 1. The number of hydrogen-bond donors (Lipinski definition) is 1. The third-order valence-electron chi connectivity index (χ3n) is 4.32. The van der Waals surface area contributed by atoms with Crippen LogP contribution in [-0.2, 0) is 4.79 Å². The molecule has 1 aromatic heterocycles. The van der Waals surface area contributed by atoms with Gasteiger partial charge < -0.3 is 15.1 Å². The number of carbonyl (C=O) groups excluding carboxylic acids is 2. The summed E-state index contributed by atoms with van der Waals surface area (Å²) in [5, 5.41) is 5.11. The summed E-state index contributed by atoms with van der Waals surface area (Å²) < 4.78 is 0. The zero-order chi connectivity index (χ0) is 19.6. The van der Waals surface area contributed by atoms with E-state index >= 15 is 0 Å². The fourth-order valence-corrected chi connectivity index (χ4v) is 5.50. The Hall–Kier alpha value is -1.21. The quantitative estimate of drug-likeness (QED) is 0.809. The lowest BCUT2D eigenvalue weighted by Crippen LogP contribution is -2.52. The van der Waals surface area contributed by atoms with Crippen LogP contribution in [0.5, 0.6) is 0 Å². The van der Waals surface area contributed by atoms with E-state index in [0.29, 0.717) is 13.1 Å². The molecular formula is C19H31N3O2S2. The number of thioether (sulfide) groups is 1. The van der Waals surface area contributed by atoms with Gasteiger partial charge in [0.05, 0.1) is 5.25 Å². The lowest BCUT2D eigenvalue weighted by Gasteiger charge is -2.33. The Bertz CT molecular complexity index is 651. The summed E-state index contributed by atoms with van der Waals surface area (Å²) in [6.45, 7) is 15.1. The van der Waals surface area contributed by atoms with Gasteiger partial charge in [0.2, 0.25) is 5.91 Å². The van der Waals surface area contributed by atoms with Crippen molar-refractivity contribution in [1.29, 1.82) is 0 Å². The Kier molecular flexibility index (Phi) is 6.66. The van der Waals surface area contributed by atoms with E-state index < -0.39 is 0 Å². The molecule has 0 saturated carbocycles. The van der Waals surface area contributed by atoms with E-state index in [0.717, 1.165) is 0 Å². The lowest BCUT2D eigenvalue weighted by molar-refractivity contribution is -0.130. The second-order valence-corrected chi connectivity index (χ2v) is 10.5. The highest BCUT2D eigenvalue weighted by atomic mass is 32.2. The molecule has 0 bridgehead atoms. The number of rotatable bonds is 5. The second-order valence-electron chi connectivity index (χ2n) is 8.10. The predicted octanol–water partition coefficient (Wildman–Crippen LogP) is 4.24. The standard InChI is InChI=1S/C19H31N3O2S2/c1-12(2)21(18(24)20-19(5,6)7)9-10-22-16(23)14(4)26-17(22)15-13(3)8-11-25-15/h8,11-12,14,17H,9-10H2,1-7H3,(H,20,24)/t14-,17+/m0/s1. The maximum Gasteiger partial charge on any atom is 0.318 e. The van der Waals surface area contributed by atoms with Crippen LogP contribution in [0.25, 0.3) is 0 Å². The van der Waals surface area contributed by atoms with Gasteiger partial charge in [0.15, 0.2) is 0 Å². The number of nitrogens with one attached hydrogen (secondary N) is 1. The van der Waals surface area contributed by atoms with Crippen molar-refractivity contribution in [2.75, 3.05) is 13.1 Å². The molecule has 2 rings (SSSR count). The van der Waals surface area contributed by atoms with Gasteiger partial charge in [0.25, 0.3) is 0 Å². The van der Waals surface area contributed by atoms with Crippen LogP contribution in [0.3, 0.4) is 0 Å². The van der Waals surface area contributed by atoms with Crippen molar-refractivity contribution < 1.29 is 9.59 Å². The monoisotopic (exact) mass is 397 g/mol. The molecule has 2 heterocycles. The molecule has 0 aromatic carbocycles. The number of carbonyl (C=O) groups is 2. The largest absolute Gasteiger partial charge is 0.333 e. The van der Waals surface area contributed by atoms with Crippen molar-refractivity contribution >= 4 is 35.0 Å². The van der Waals surface area contributed by atoms with Crippen LogP contribution in [0.2, 0.25) is 0 Å². The van der Waals surface area contributed by atoms with E-state index in [1.54, 1.807) is 23.1 Å². The minimum absolute atomic E-state index is 0.0441. The fourth-order valence-electron chi connectivity index (χ4n) is 2.94. The molecule has 1 aliphatic rings. The zero-order valence-corrected chi connectivity index (χ0v) is 18.5. The summed E-state index contributed by atoms with van der Waals surface area (Å²) in [4.78, 5) is 30.3. The van der Waals surface area contributed by atoms with E-state index in [1.807, 2.05) is 51.3 Å². The summed E-state index contributed by atoms with van der Waals surface area (Å²) in [5.74, 6) is 0.160. The Morgan fingerprint density at radius 1 is 1.38 bits per heavy atom. The first-order valence-corrected chi connectivity index (χ1v) is 10.9. The molecule has 3 amide bonds. The summed E-state index contributed by atoms with van der Waals surface area (Å²) in [6, 6.07) is 2.09. The van der Waals surface area contributed by atoms with Crippen molar-refractivity contribution in [1.82, 2.24) is 15.1 Å². The minimum Gasteiger partial charge on any atom is -0.333 e. The van der Waals surface area contributed by atoms with Crippen molar-refractivity contribution in [2.45, 2.75) is 70.7 Å². The normalized spacial score (nSPS) is 20.8. The van der Waals surface area contributed by atoms with Gasteiger partial charge in [0.1, 0.15) is 5.37 Å². The highest BCUT2D eigenvalue weighted by Gasteiger charge is 2.39. The molecule has 26 heavy (non-hydrogen) atoms. The van der Waals surface area contributed by atoms with Gasteiger partial charge >= 0.3 is 6.03 Å². The molecule has 5 nitrogen and oxygen atoms in total. The molecule has 1 saturated heterocycles. The fraction of sp³-hybridized carbons (Fsp3) is 0.684. The van der Waals surface area contributed by atoms with Crippen LogP contribution in [0.15, 0.2) is 11.4 Å². The molecule has 1 fully saturated rings. The van der Waals surface area contributed by atoms with Crippen molar-refractivity contribution in [3.05, 3.63) is 21.9 Å². The molecule has 1 N–H and O–H groups in total. The smallest absolute Gasteiger partial charge is 0.318 e. The van der Waals surface area contributed by atoms with Crippen LogP contribution in [0.1, 0.15) is 57.4 Å². The molecule has 0 unspecified atom stereocenters. The molecule has 0 spiro atoms.